The van der Waals surface area contributed by atoms with Gasteiger partial charge in [-0.15, -0.1) is 0 Å². The average Bonchev–Trinajstić information content (AvgIpc) is 3.73. The molecule has 1 aromatic heterocycles. The van der Waals surface area contributed by atoms with E-state index in [1.54, 1.807) is 0 Å². The van der Waals surface area contributed by atoms with Crippen molar-refractivity contribution in [3.63, 3.8) is 0 Å². The minimum absolute atomic E-state index is 0.595. The minimum atomic E-state index is -2.70. The van der Waals surface area contributed by atoms with E-state index < -0.39 is 6.89 Å². The molecule has 0 bridgehead atoms. The van der Waals surface area contributed by atoms with Gasteiger partial charge in [0.15, 0.2) is 5.44 Å². The second-order valence-electron chi connectivity index (χ2n) is 16.4. The maximum Gasteiger partial charge on any atom is 0.196 e. The van der Waals surface area contributed by atoms with Crippen LogP contribution in [0, 0.1) is 17.9 Å². The standard InChI is InChI=1S/C61H42N5P/c1-63-61-41-46(40-56(44-62)67(61,54-28-16-6-17-29-54)55-30-18-7-19-31-55)45-32-34-51(35-33-45)66-59-38-36-52(64(47-20-8-2-9-21-47)48-22-10-3-11-23-48)42-57(59)58-43-53(37-39-60(58)66)65(49-24-12-4-13-25-49)50-26-14-5-15-27-50/h2-43H. The van der Waals surface area contributed by atoms with E-state index in [-0.39, 0.29) is 0 Å². The summed E-state index contributed by atoms with van der Waals surface area (Å²) >= 11 is 0. The van der Waals surface area contributed by atoms with Crippen LogP contribution in [0.5, 0.6) is 0 Å². The third-order valence-electron chi connectivity index (χ3n) is 12.6. The molecule has 0 aliphatic carbocycles. The van der Waals surface area contributed by atoms with Gasteiger partial charge in [0.05, 0.1) is 29.0 Å². The molecule has 11 rings (SSSR count). The molecule has 1 aliphatic heterocycles. The quantitative estimate of drug-likeness (QED) is 0.101. The summed E-state index contributed by atoms with van der Waals surface area (Å²) in [5.41, 5.74) is 11.9. The largest absolute Gasteiger partial charge is 0.310 e. The van der Waals surface area contributed by atoms with Crippen molar-refractivity contribution in [3.05, 3.63) is 277 Å². The normalized spacial score (nSPS) is 13.0. The molecule has 1 aliphatic rings. The Morgan fingerprint density at radius 1 is 0.433 bits per heavy atom. The van der Waals surface area contributed by atoms with Crippen LogP contribution >= 0.6 is 6.89 Å². The maximum absolute atomic E-state index is 10.9. The first-order chi connectivity index (χ1) is 33.1. The number of hydrogen-bond acceptors (Lipinski definition) is 3. The Morgan fingerprint density at radius 3 is 1.19 bits per heavy atom. The highest BCUT2D eigenvalue weighted by Crippen LogP contribution is 2.58. The Labute approximate surface area is 391 Å². The zero-order chi connectivity index (χ0) is 45.2. The van der Waals surface area contributed by atoms with Crippen molar-refractivity contribution in [1.29, 1.82) is 5.26 Å². The molecule has 10 aromatic rings. The predicted octanol–water partition coefficient (Wildman–Crippen LogP) is 15.2. The Morgan fingerprint density at radius 2 is 0.821 bits per heavy atom. The second-order valence-corrected chi connectivity index (χ2v) is 19.7. The Hall–Kier alpha value is -8.86. The van der Waals surface area contributed by atoms with Crippen LogP contribution in [-0.2, 0) is 0 Å². The molecule has 2 heterocycles. The lowest BCUT2D eigenvalue weighted by atomic mass is 10.0. The average molecular weight is 876 g/mol. The lowest BCUT2D eigenvalue weighted by molar-refractivity contribution is 1.18. The van der Waals surface area contributed by atoms with Crippen LogP contribution in [0.4, 0.5) is 34.1 Å². The molecule has 0 N–H and O–H groups in total. The molecule has 0 unspecified atom stereocenters. The first-order valence-corrected chi connectivity index (χ1v) is 24.0. The van der Waals surface area contributed by atoms with E-state index in [0.717, 1.165) is 83.4 Å². The fourth-order valence-electron chi connectivity index (χ4n) is 9.58. The molecule has 0 fully saturated rings. The Bertz CT molecular complexity index is 3360. The Kier molecular flexibility index (Phi) is 10.7. The van der Waals surface area contributed by atoms with E-state index in [1.807, 2.05) is 48.6 Å². The van der Waals surface area contributed by atoms with Gasteiger partial charge in [0, 0.05) is 57.5 Å². The van der Waals surface area contributed by atoms with E-state index in [4.69, 9.17) is 6.57 Å². The number of para-hydroxylation sites is 4. The molecular formula is C61H42N5P. The van der Waals surface area contributed by atoms with Gasteiger partial charge in [-0.05, 0) is 131 Å². The van der Waals surface area contributed by atoms with Gasteiger partial charge in [-0.3, -0.25) is 0 Å². The maximum atomic E-state index is 10.9. The van der Waals surface area contributed by atoms with Crippen LogP contribution in [0.1, 0.15) is 5.56 Å². The fourth-order valence-corrected chi connectivity index (χ4v) is 13.4. The molecule has 9 aromatic carbocycles. The number of anilines is 6. The summed E-state index contributed by atoms with van der Waals surface area (Å²) in [4.78, 5) is 8.82. The Balaban J connectivity index is 1.09. The summed E-state index contributed by atoms with van der Waals surface area (Å²) in [6, 6.07) is 86.9. The van der Waals surface area contributed by atoms with E-state index in [1.165, 1.54) is 0 Å². The van der Waals surface area contributed by atoms with Gasteiger partial charge < -0.3 is 14.4 Å². The molecule has 316 valence electrons. The summed E-state index contributed by atoms with van der Waals surface area (Å²) in [7, 11) is 0. The zero-order valence-corrected chi connectivity index (χ0v) is 37.3. The number of fused-ring (bicyclic) bond motifs is 3. The molecule has 6 heteroatoms. The predicted molar refractivity (Wildman–Crippen MR) is 283 cm³/mol. The molecule has 0 radical (unpaired) electrons. The van der Waals surface area contributed by atoms with E-state index >= 15 is 0 Å². The van der Waals surface area contributed by atoms with E-state index in [0.29, 0.717) is 10.7 Å². The lowest BCUT2D eigenvalue weighted by Gasteiger charge is -2.31. The monoisotopic (exact) mass is 875 g/mol. The zero-order valence-electron chi connectivity index (χ0n) is 36.4. The van der Waals surface area contributed by atoms with Gasteiger partial charge in [0.25, 0.3) is 0 Å². The summed E-state index contributed by atoms with van der Waals surface area (Å²) < 4.78 is 2.34. The summed E-state index contributed by atoms with van der Waals surface area (Å²) in [6.45, 7) is 5.85. The molecule has 0 atom stereocenters. The van der Waals surface area contributed by atoms with Gasteiger partial charge >= 0.3 is 0 Å². The van der Waals surface area contributed by atoms with Crippen LogP contribution in [0.3, 0.4) is 0 Å². The highest BCUT2D eigenvalue weighted by molar-refractivity contribution is 7.93. The number of nitriles is 1. The molecule has 67 heavy (non-hydrogen) atoms. The smallest absolute Gasteiger partial charge is 0.196 e. The van der Waals surface area contributed by atoms with E-state index in [9.17, 15) is 5.26 Å². The summed E-state index contributed by atoms with van der Waals surface area (Å²) in [5.74, 6) is 0. The van der Waals surface area contributed by atoms with E-state index in [2.05, 4.69) is 232 Å². The van der Waals surface area contributed by atoms with Crippen LogP contribution in [0.25, 0.3) is 37.9 Å². The number of allylic oxidation sites excluding steroid dienone is 3. The van der Waals surface area contributed by atoms with Crippen molar-refractivity contribution in [2.75, 3.05) is 9.80 Å². The van der Waals surface area contributed by atoms with Crippen molar-refractivity contribution in [2.45, 2.75) is 0 Å². The van der Waals surface area contributed by atoms with Crippen LogP contribution in [0.15, 0.2) is 260 Å². The van der Waals surface area contributed by atoms with Crippen LogP contribution < -0.4 is 20.4 Å². The number of rotatable bonds is 10. The second kappa shape index (κ2) is 17.6. The lowest BCUT2D eigenvalue weighted by Crippen LogP contribution is -2.23. The van der Waals surface area contributed by atoms with Crippen molar-refractivity contribution in [1.82, 2.24) is 4.57 Å². The topological polar surface area (TPSA) is 39.6 Å². The molecule has 0 saturated carbocycles. The molecule has 0 saturated heterocycles. The van der Waals surface area contributed by atoms with Gasteiger partial charge in [-0.1, -0.05) is 146 Å². The van der Waals surface area contributed by atoms with Crippen LogP contribution in [0.2, 0.25) is 0 Å². The van der Waals surface area contributed by atoms with Crippen molar-refractivity contribution in [3.8, 4) is 11.8 Å². The number of hydrogen-bond donors (Lipinski definition) is 0. The number of nitrogens with zero attached hydrogens (tertiary/aromatic N) is 5. The first kappa shape index (κ1) is 40.9. The molecule has 0 spiro atoms. The molecule has 0 amide bonds. The van der Waals surface area contributed by atoms with Crippen molar-refractivity contribution < 1.29 is 0 Å². The van der Waals surface area contributed by atoms with Gasteiger partial charge in [0.1, 0.15) is 0 Å². The third kappa shape index (κ3) is 7.22. The third-order valence-corrected chi connectivity index (χ3v) is 16.6. The fraction of sp³-hybridized carbons (Fsp3) is 0. The number of benzene rings is 9. The van der Waals surface area contributed by atoms with Crippen molar-refractivity contribution in [2.24, 2.45) is 0 Å². The molecular weight excluding hydrogens is 834 g/mol. The first-order valence-electron chi connectivity index (χ1n) is 22.2. The molecule has 5 nitrogen and oxygen atoms in total. The van der Waals surface area contributed by atoms with Crippen molar-refractivity contribution >= 4 is 84.3 Å². The highest BCUT2D eigenvalue weighted by Gasteiger charge is 2.35. The highest BCUT2D eigenvalue weighted by atomic mass is 31.2. The van der Waals surface area contributed by atoms with Gasteiger partial charge in [-0.2, -0.15) is 5.26 Å². The minimum Gasteiger partial charge on any atom is -0.310 e. The van der Waals surface area contributed by atoms with Gasteiger partial charge in [-0.25, -0.2) is 4.85 Å². The summed E-state index contributed by atoms with van der Waals surface area (Å²) in [6.07, 6.45) is 4.02. The SMILES string of the molecule is [C-]#[N+]C1=CC(c2ccc(-n3c4ccc(N(c5ccccc5)c5ccccc5)cc4c4cc(N(c5ccccc5)c5ccccc5)ccc43)cc2)=CC(C#N)=P1(c1ccccc1)c1ccccc1. The number of aromatic nitrogens is 1. The van der Waals surface area contributed by atoms with Crippen LogP contribution in [-0.4, -0.2) is 9.86 Å². The summed E-state index contributed by atoms with van der Waals surface area (Å²) in [5, 5.41) is 15.8. The van der Waals surface area contributed by atoms with Gasteiger partial charge in [0.2, 0.25) is 0 Å².